The first-order valence-electron chi connectivity index (χ1n) is 8.35. The Morgan fingerprint density at radius 2 is 1.86 bits per heavy atom. The normalized spacial score (nSPS) is 12.6. The van der Waals surface area contributed by atoms with Gasteiger partial charge in [-0.05, 0) is 37.4 Å². The van der Waals surface area contributed by atoms with E-state index in [0.29, 0.717) is 6.04 Å². The monoisotopic (exact) mass is 313 g/mol. The van der Waals surface area contributed by atoms with Gasteiger partial charge in [0.15, 0.2) is 0 Å². The molecular weight excluding hydrogens is 285 g/mol. The summed E-state index contributed by atoms with van der Waals surface area (Å²) in [5.41, 5.74) is 0.727. The molecule has 1 aromatic carbocycles. The second-order valence-electron chi connectivity index (χ2n) is 5.77. The molecule has 0 aliphatic rings. The van der Waals surface area contributed by atoms with Crippen LogP contribution in [0.25, 0.3) is 0 Å². The molecular formula is C18H29ClFN. The molecule has 3 heteroatoms. The second-order valence-corrected chi connectivity index (χ2v) is 6.18. The molecule has 0 saturated heterocycles. The molecule has 0 fully saturated rings. The van der Waals surface area contributed by atoms with Crippen molar-refractivity contribution < 1.29 is 4.39 Å². The van der Waals surface area contributed by atoms with Crippen molar-refractivity contribution >= 4 is 11.6 Å². The minimum Gasteiger partial charge on any atom is -0.314 e. The quantitative estimate of drug-likeness (QED) is 0.513. The summed E-state index contributed by atoms with van der Waals surface area (Å²) in [4.78, 5) is 0. The maximum absolute atomic E-state index is 14.0. The van der Waals surface area contributed by atoms with Crippen molar-refractivity contribution in [1.82, 2.24) is 5.32 Å². The van der Waals surface area contributed by atoms with Crippen molar-refractivity contribution in [3.8, 4) is 0 Å². The number of benzene rings is 1. The van der Waals surface area contributed by atoms with Crippen LogP contribution in [0.3, 0.4) is 0 Å². The third kappa shape index (κ3) is 7.28. The first kappa shape index (κ1) is 18.4. The Hall–Kier alpha value is -0.600. The molecule has 0 aromatic heterocycles. The van der Waals surface area contributed by atoms with Gasteiger partial charge in [0.05, 0.1) is 5.02 Å². The standard InChI is InChI=1S/C18H29ClFN/c1-3-5-6-7-8-11-16(21-13-4-2)14-15-10-9-12-17(19)18(15)20/h9-10,12,16,21H,3-8,11,13-14H2,1-2H3. The third-order valence-electron chi connectivity index (χ3n) is 3.84. The van der Waals surface area contributed by atoms with Crippen LogP contribution in [-0.2, 0) is 6.42 Å². The second kappa shape index (κ2) is 11.0. The molecule has 0 saturated carbocycles. The van der Waals surface area contributed by atoms with Crippen LogP contribution in [0, 0.1) is 5.82 Å². The van der Waals surface area contributed by atoms with Crippen molar-refractivity contribution in [3.05, 3.63) is 34.6 Å². The molecule has 1 aromatic rings. The highest BCUT2D eigenvalue weighted by Crippen LogP contribution is 2.20. The van der Waals surface area contributed by atoms with E-state index >= 15 is 0 Å². The molecule has 1 rings (SSSR count). The fourth-order valence-corrected chi connectivity index (χ4v) is 2.78. The number of hydrogen-bond donors (Lipinski definition) is 1. The first-order valence-corrected chi connectivity index (χ1v) is 8.73. The van der Waals surface area contributed by atoms with E-state index in [1.807, 2.05) is 12.1 Å². The van der Waals surface area contributed by atoms with Gasteiger partial charge >= 0.3 is 0 Å². The zero-order valence-corrected chi connectivity index (χ0v) is 14.2. The Morgan fingerprint density at radius 1 is 1.10 bits per heavy atom. The van der Waals surface area contributed by atoms with Gasteiger partial charge in [-0.3, -0.25) is 0 Å². The van der Waals surface area contributed by atoms with Crippen molar-refractivity contribution in [2.75, 3.05) is 6.54 Å². The van der Waals surface area contributed by atoms with Crippen LogP contribution in [0.4, 0.5) is 4.39 Å². The van der Waals surface area contributed by atoms with Gasteiger partial charge < -0.3 is 5.32 Å². The molecule has 0 bridgehead atoms. The van der Waals surface area contributed by atoms with E-state index < -0.39 is 0 Å². The lowest BCUT2D eigenvalue weighted by Crippen LogP contribution is -2.32. The lowest BCUT2D eigenvalue weighted by atomic mass is 9.99. The third-order valence-corrected chi connectivity index (χ3v) is 4.13. The van der Waals surface area contributed by atoms with Gasteiger partial charge in [0.25, 0.3) is 0 Å². The van der Waals surface area contributed by atoms with E-state index in [2.05, 4.69) is 19.2 Å². The van der Waals surface area contributed by atoms with E-state index in [4.69, 9.17) is 11.6 Å². The van der Waals surface area contributed by atoms with E-state index in [1.165, 1.54) is 32.1 Å². The summed E-state index contributed by atoms with van der Waals surface area (Å²) in [7, 11) is 0. The summed E-state index contributed by atoms with van der Waals surface area (Å²) < 4.78 is 14.0. The molecule has 1 unspecified atom stereocenters. The lowest BCUT2D eigenvalue weighted by Gasteiger charge is -2.19. The summed E-state index contributed by atoms with van der Waals surface area (Å²) in [6.45, 7) is 5.38. The summed E-state index contributed by atoms with van der Waals surface area (Å²) in [6, 6.07) is 5.64. The molecule has 1 N–H and O–H groups in total. The number of rotatable bonds is 11. The fraction of sp³-hybridized carbons (Fsp3) is 0.667. The smallest absolute Gasteiger partial charge is 0.145 e. The first-order chi connectivity index (χ1) is 10.2. The van der Waals surface area contributed by atoms with Crippen LogP contribution in [0.15, 0.2) is 18.2 Å². The average Bonchev–Trinajstić information content (AvgIpc) is 2.48. The Labute approximate surface area is 134 Å². The van der Waals surface area contributed by atoms with Gasteiger partial charge in [0, 0.05) is 6.04 Å². The van der Waals surface area contributed by atoms with E-state index in [0.717, 1.165) is 31.4 Å². The summed E-state index contributed by atoms with van der Waals surface area (Å²) >= 11 is 5.87. The largest absolute Gasteiger partial charge is 0.314 e. The molecule has 0 radical (unpaired) electrons. The van der Waals surface area contributed by atoms with Gasteiger partial charge in [-0.15, -0.1) is 0 Å². The SMILES string of the molecule is CCCCCCCC(Cc1cccc(Cl)c1F)NCCC. The van der Waals surface area contributed by atoms with E-state index in [9.17, 15) is 4.39 Å². The highest BCUT2D eigenvalue weighted by molar-refractivity contribution is 6.30. The summed E-state index contributed by atoms with van der Waals surface area (Å²) in [5.74, 6) is -0.256. The minimum absolute atomic E-state index is 0.227. The zero-order chi connectivity index (χ0) is 15.5. The Morgan fingerprint density at radius 3 is 2.57 bits per heavy atom. The van der Waals surface area contributed by atoms with E-state index in [1.54, 1.807) is 6.07 Å². The summed E-state index contributed by atoms with van der Waals surface area (Å²) in [5, 5.41) is 3.77. The predicted octanol–water partition coefficient (Wildman–Crippen LogP) is 5.75. The maximum Gasteiger partial charge on any atom is 0.145 e. The molecule has 21 heavy (non-hydrogen) atoms. The molecule has 0 heterocycles. The van der Waals surface area contributed by atoms with Crippen molar-refractivity contribution in [2.24, 2.45) is 0 Å². The number of hydrogen-bond acceptors (Lipinski definition) is 1. The van der Waals surface area contributed by atoms with Gasteiger partial charge in [0.1, 0.15) is 5.82 Å². The van der Waals surface area contributed by atoms with Crippen LogP contribution in [0.2, 0.25) is 5.02 Å². The molecule has 0 amide bonds. The van der Waals surface area contributed by atoms with Crippen LogP contribution in [0.5, 0.6) is 0 Å². The van der Waals surface area contributed by atoms with Crippen molar-refractivity contribution in [2.45, 2.75) is 71.3 Å². The lowest BCUT2D eigenvalue weighted by molar-refractivity contribution is 0.444. The van der Waals surface area contributed by atoms with Gasteiger partial charge in [0.2, 0.25) is 0 Å². The van der Waals surface area contributed by atoms with Crippen LogP contribution in [0.1, 0.15) is 64.4 Å². The molecule has 120 valence electrons. The highest BCUT2D eigenvalue weighted by Gasteiger charge is 2.13. The Bertz CT molecular complexity index is 395. The Kier molecular flexibility index (Phi) is 9.69. The van der Waals surface area contributed by atoms with Gasteiger partial charge in [-0.2, -0.15) is 0 Å². The van der Waals surface area contributed by atoms with E-state index in [-0.39, 0.29) is 10.8 Å². The molecule has 0 aliphatic heterocycles. The fourth-order valence-electron chi connectivity index (χ4n) is 2.59. The van der Waals surface area contributed by atoms with Gasteiger partial charge in [-0.1, -0.05) is 69.7 Å². The van der Waals surface area contributed by atoms with Crippen LogP contribution < -0.4 is 5.32 Å². The Balaban J connectivity index is 2.50. The average molecular weight is 314 g/mol. The topological polar surface area (TPSA) is 12.0 Å². The highest BCUT2D eigenvalue weighted by atomic mass is 35.5. The van der Waals surface area contributed by atoms with Crippen LogP contribution >= 0.6 is 11.6 Å². The minimum atomic E-state index is -0.256. The van der Waals surface area contributed by atoms with Gasteiger partial charge in [-0.25, -0.2) is 4.39 Å². The van der Waals surface area contributed by atoms with Crippen molar-refractivity contribution in [3.63, 3.8) is 0 Å². The molecule has 1 nitrogen and oxygen atoms in total. The number of unbranched alkanes of at least 4 members (excludes halogenated alkanes) is 4. The predicted molar refractivity (Wildman–Crippen MR) is 90.6 cm³/mol. The molecule has 1 atom stereocenters. The van der Waals surface area contributed by atoms with Crippen molar-refractivity contribution in [1.29, 1.82) is 0 Å². The number of nitrogens with one attached hydrogen (secondary N) is 1. The molecule has 0 aliphatic carbocycles. The zero-order valence-electron chi connectivity index (χ0n) is 13.4. The summed E-state index contributed by atoms with van der Waals surface area (Å²) in [6.07, 6.45) is 9.31. The number of halogens is 2. The molecule has 0 spiro atoms. The maximum atomic E-state index is 14.0. The van der Waals surface area contributed by atoms with Crippen LogP contribution in [-0.4, -0.2) is 12.6 Å².